The van der Waals surface area contributed by atoms with Gasteiger partial charge in [0.15, 0.2) is 0 Å². The van der Waals surface area contributed by atoms with Gasteiger partial charge in [0.2, 0.25) is 0 Å². The summed E-state index contributed by atoms with van der Waals surface area (Å²) in [5.41, 5.74) is 1.81. The van der Waals surface area contributed by atoms with Gasteiger partial charge in [-0.15, -0.1) is 0 Å². The number of rotatable bonds is 4. The summed E-state index contributed by atoms with van der Waals surface area (Å²) in [6, 6.07) is 9.65. The second kappa shape index (κ2) is 7.33. The maximum absolute atomic E-state index is 13.2. The Morgan fingerprint density at radius 3 is 2.91 bits per heavy atom. The molecule has 0 spiro atoms. The standard InChI is InChI=1S/C18H19FN2O2/c19-15-5-3-4-13(10-15)17-8-7-14(11-20-17)18(22)21-12-16-6-1-2-9-23-16/h3-5,7-8,10-11,16H,1-2,6,9,12H2,(H,21,22). The van der Waals surface area contributed by atoms with E-state index in [1.165, 1.54) is 18.3 Å². The molecule has 120 valence electrons. The van der Waals surface area contributed by atoms with E-state index in [0.29, 0.717) is 23.4 Å². The summed E-state index contributed by atoms with van der Waals surface area (Å²) in [6.45, 7) is 1.29. The second-order valence-corrected chi connectivity index (χ2v) is 5.64. The van der Waals surface area contributed by atoms with Gasteiger partial charge in [0.05, 0.1) is 17.4 Å². The monoisotopic (exact) mass is 314 g/mol. The van der Waals surface area contributed by atoms with Crippen molar-refractivity contribution in [3.05, 3.63) is 54.0 Å². The number of halogens is 1. The highest BCUT2D eigenvalue weighted by atomic mass is 19.1. The van der Waals surface area contributed by atoms with Crippen molar-refractivity contribution in [1.29, 1.82) is 0 Å². The molecule has 23 heavy (non-hydrogen) atoms. The van der Waals surface area contributed by atoms with E-state index < -0.39 is 0 Å². The maximum Gasteiger partial charge on any atom is 0.252 e. The Bertz CT molecular complexity index is 667. The molecule has 0 saturated carbocycles. The first-order chi connectivity index (χ1) is 11.2. The van der Waals surface area contributed by atoms with Crippen molar-refractivity contribution in [1.82, 2.24) is 10.3 Å². The van der Waals surface area contributed by atoms with Crippen LogP contribution in [0.2, 0.25) is 0 Å². The largest absolute Gasteiger partial charge is 0.376 e. The summed E-state index contributed by atoms with van der Waals surface area (Å²) in [6.07, 6.45) is 4.83. The molecule has 1 aromatic heterocycles. The van der Waals surface area contributed by atoms with E-state index in [0.717, 1.165) is 25.9 Å². The van der Waals surface area contributed by atoms with E-state index in [9.17, 15) is 9.18 Å². The van der Waals surface area contributed by atoms with Crippen molar-refractivity contribution in [2.24, 2.45) is 0 Å². The van der Waals surface area contributed by atoms with Crippen molar-refractivity contribution in [2.45, 2.75) is 25.4 Å². The first kappa shape index (κ1) is 15.6. The summed E-state index contributed by atoms with van der Waals surface area (Å²) in [5.74, 6) is -0.476. The Morgan fingerprint density at radius 1 is 1.30 bits per heavy atom. The SMILES string of the molecule is O=C(NCC1CCCCO1)c1ccc(-c2cccc(F)c2)nc1. The molecule has 3 rings (SSSR count). The van der Waals surface area contributed by atoms with Crippen LogP contribution in [0.3, 0.4) is 0 Å². The maximum atomic E-state index is 13.2. The van der Waals surface area contributed by atoms with Crippen molar-refractivity contribution in [2.75, 3.05) is 13.2 Å². The molecule has 2 heterocycles. The first-order valence-corrected chi connectivity index (χ1v) is 7.84. The zero-order valence-corrected chi connectivity index (χ0v) is 12.8. The first-order valence-electron chi connectivity index (χ1n) is 7.84. The number of nitrogens with zero attached hydrogens (tertiary/aromatic N) is 1. The van der Waals surface area contributed by atoms with E-state index in [4.69, 9.17) is 4.74 Å². The summed E-state index contributed by atoms with van der Waals surface area (Å²) in [7, 11) is 0. The lowest BCUT2D eigenvalue weighted by molar-refractivity contribution is 0.0169. The number of pyridine rings is 1. The fourth-order valence-electron chi connectivity index (χ4n) is 2.62. The number of aromatic nitrogens is 1. The Labute approximate surface area is 134 Å². The molecule has 1 aliphatic heterocycles. The fraction of sp³-hybridized carbons (Fsp3) is 0.333. The van der Waals surface area contributed by atoms with Crippen LogP contribution in [-0.2, 0) is 4.74 Å². The van der Waals surface area contributed by atoms with E-state index in [-0.39, 0.29) is 17.8 Å². The summed E-state index contributed by atoms with van der Waals surface area (Å²) in [4.78, 5) is 16.4. The smallest absolute Gasteiger partial charge is 0.252 e. The van der Waals surface area contributed by atoms with Crippen LogP contribution in [0.25, 0.3) is 11.3 Å². The van der Waals surface area contributed by atoms with Crippen LogP contribution in [0.1, 0.15) is 29.6 Å². The topological polar surface area (TPSA) is 51.2 Å². The Balaban J connectivity index is 1.61. The molecular formula is C18H19FN2O2. The van der Waals surface area contributed by atoms with Crippen LogP contribution in [0.4, 0.5) is 4.39 Å². The highest BCUT2D eigenvalue weighted by Crippen LogP contribution is 2.18. The second-order valence-electron chi connectivity index (χ2n) is 5.64. The highest BCUT2D eigenvalue weighted by molar-refractivity contribution is 5.94. The number of carbonyl (C=O) groups is 1. The minimum atomic E-state index is -0.307. The lowest BCUT2D eigenvalue weighted by atomic mass is 10.1. The number of amides is 1. The molecule has 1 aromatic carbocycles. The average Bonchev–Trinajstić information content (AvgIpc) is 2.61. The van der Waals surface area contributed by atoms with E-state index >= 15 is 0 Å². The molecule has 2 aromatic rings. The molecule has 1 fully saturated rings. The van der Waals surface area contributed by atoms with Gasteiger partial charge >= 0.3 is 0 Å². The van der Waals surface area contributed by atoms with Crippen LogP contribution in [0.15, 0.2) is 42.6 Å². The summed E-state index contributed by atoms with van der Waals surface area (Å²) in [5, 5.41) is 2.87. The molecular weight excluding hydrogens is 295 g/mol. The zero-order valence-electron chi connectivity index (χ0n) is 12.8. The van der Waals surface area contributed by atoms with Gasteiger partial charge in [-0.3, -0.25) is 9.78 Å². The fourth-order valence-corrected chi connectivity index (χ4v) is 2.62. The predicted octanol–water partition coefficient (Wildman–Crippen LogP) is 3.19. The Hall–Kier alpha value is -2.27. The minimum Gasteiger partial charge on any atom is -0.376 e. The van der Waals surface area contributed by atoms with Gasteiger partial charge in [-0.05, 0) is 43.5 Å². The van der Waals surface area contributed by atoms with Crippen molar-refractivity contribution in [3.8, 4) is 11.3 Å². The third kappa shape index (κ3) is 4.13. The number of carbonyl (C=O) groups excluding carboxylic acids is 1. The van der Waals surface area contributed by atoms with Gasteiger partial charge in [0.1, 0.15) is 5.82 Å². The van der Waals surface area contributed by atoms with E-state index in [1.54, 1.807) is 24.3 Å². The number of nitrogens with one attached hydrogen (secondary N) is 1. The van der Waals surface area contributed by atoms with Crippen LogP contribution in [0, 0.1) is 5.82 Å². The lowest BCUT2D eigenvalue weighted by Crippen LogP contribution is -2.35. The normalized spacial score (nSPS) is 17.7. The van der Waals surface area contributed by atoms with E-state index in [1.807, 2.05) is 0 Å². The molecule has 4 nitrogen and oxygen atoms in total. The summed E-state index contributed by atoms with van der Waals surface area (Å²) < 4.78 is 18.8. The van der Waals surface area contributed by atoms with Gasteiger partial charge in [0.25, 0.3) is 5.91 Å². The number of ether oxygens (including phenoxy) is 1. The number of hydrogen-bond acceptors (Lipinski definition) is 3. The average molecular weight is 314 g/mol. The number of hydrogen-bond donors (Lipinski definition) is 1. The third-order valence-electron chi connectivity index (χ3n) is 3.91. The molecule has 1 saturated heterocycles. The van der Waals surface area contributed by atoms with Gasteiger partial charge in [0, 0.05) is 24.9 Å². The Kier molecular flexibility index (Phi) is 4.98. The molecule has 1 unspecified atom stereocenters. The van der Waals surface area contributed by atoms with Crippen LogP contribution in [-0.4, -0.2) is 30.1 Å². The third-order valence-corrected chi connectivity index (χ3v) is 3.91. The molecule has 1 amide bonds. The van der Waals surface area contributed by atoms with Gasteiger partial charge < -0.3 is 10.1 Å². The van der Waals surface area contributed by atoms with Crippen LogP contribution in [0.5, 0.6) is 0 Å². The lowest BCUT2D eigenvalue weighted by Gasteiger charge is -2.22. The quantitative estimate of drug-likeness (QED) is 0.943. The van der Waals surface area contributed by atoms with Gasteiger partial charge in [-0.1, -0.05) is 12.1 Å². The molecule has 0 bridgehead atoms. The predicted molar refractivity (Wildman–Crippen MR) is 85.6 cm³/mol. The van der Waals surface area contributed by atoms with Crippen molar-refractivity contribution < 1.29 is 13.9 Å². The van der Waals surface area contributed by atoms with Crippen LogP contribution >= 0.6 is 0 Å². The van der Waals surface area contributed by atoms with E-state index in [2.05, 4.69) is 10.3 Å². The van der Waals surface area contributed by atoms with Crippen molar-refractivity contribution in [3.63, 3.8) is 0 Å². The van der Waals surface area contributed by atoms with Crippen LogP contribution < -0.4 is 5.32 Å². The zero-order chi connectivity index (χ0) is 16.1. The highest BCUT2D eigenvalue weighted by Gasteiger charge is 2.15. The molecule has 1 N–H and O–H groups in total. The Morgan fingerprint density at radius 2 is 2.22 bits per heavy atom. The molecule has 5 heteroatoms. The molecule has 1 aliphatic rings. The summed E-state index contributed by atoms with van der Waals surface area (Å²) >= 11 is 0. The molecule has 0 radical (unpaired) electrons. The van der Waals surface area contributed by atoms with Crippen molar-refractivity contribution >= 4 is 5.91 Å². The minimum absolute atomic E-state index is 0.104. The van der Waals surface area contributed by atoms with Gasteiger partial charge in [-0.25, -0.2) is 4.39 Å². The molecule has 1 atom stereocenters. The van der Waals surface area contributed by atoms with Gasteiger partial charge in [-0.2, -0.15) is 0 Å². The number of benzene rings is 1. The molecule has 0 aliphatic carbocycles.